The summed E-state index contributed by atoms with van der Waals surface area (Å²) in [5.74, 6) is 0.517. The molecular weight excluding hydrogens is 334 g/mol. The number of nitrogens with zero attached hydrogens (tertiary/aromatic N) is 4. The summed E-state index contributed by atoms with van der Waals surface area (Å²) in [5.41, 5.74) is 0.990. The van der Waals surface area contributed by atoms with E-state index in [9.17, 15) is 4.79 Å². The van der Waals surface area contributed by atoms with Gasteiger partial charge in [0, 0.05) is 37.3 Å². The molecular formula is C18H25N5OS. The van der Waals surface area contributed by atoms with Crippen molar-refractivity contribution in [3.05, 3.63) is 35.1 Å². The van der Waals surface area contributed by atoms with Crippen LogP contribution in [0.1, 0.15) is 55.6 Å². The Morgan fingerprint density at radius 3 is 2.84 bits per heavy atom. The highest BCUT2D eigenvalue weighted by atomic mass is 32.1. The lowest BCUT2D eigenvalue weighted by Gasteiger charge is -2.20. The maximum atomic E-state index is 12.5. The minimum absolute atomic E-state index is 0.121. The second-order valence-electron chi connectivity index (χ2n) is 6.36. The maximum absolute atomic E-state index is 12.5. The van der Waals surface area contributed by atoms with Crippen molar-refractivity contribution in [1.82, 2.24) is 20.1 Å². The average Bonchev–Trinajstić information content (AvgIpc) is 3.12. The van der Waals surface area contributed by atoms with Gasteiger partial charge >= 0.3 is 6.03 Å². The summed E-state index contributed by atoms with van der Waals surface area (Å²) in [6, 6.07) is 5.72. The van der Waals surface area contributed by atoms with Gasteiger partial charge in [0.15, 0.2) is 0 Å². The molecule has 0 atom stereocenters. The predicted molar refractivity (Wildman–Crippen MR) is 99.9 cm³/mol. The molecule has 0 saturated heterocycles. The van der Waals surface area contributed by atoms with Crippen molar-refractivity contribution >= 4 is 22.5 Å². The van der Waals surface area contributed by atoms with Gasteiger partial charge in [-0.15, -0.1) is 10.2 Å². The number of amides is 2. The van der Waals surface area contributed by atoms with Gasteiger partial charge in [-0.05, 0) is 31.9 Å². The van der Waals surface area contributed by atoms with Crippen LogP contribution in [0.3, 0.4) is 0 Å². The molecule has 1 aliphatic carbocycles. The van der Waals surface area contributed by atoms with Crippen LogP contribution in [0.25, 0.3) is 0 Å². The van der Waals surface area contributed by atoms with E-state index in [4.69, 9.17) is 0 Å². The fourth-order valence-electron chi connectivity index (χ4n) is 3.17. The van der Waals surface area contributed by atoms with Gasteiger partial charge in [0.1, 0.15) is 5.01 Å². The van der Waals surface area contributed by atoms with E-state index < -0.39 is 0 Å². The van der Waals surface area contributed by atoms with Crippen molar-refractivity contribution in [3.63, 3.8) is 0 Å². The van der Waals surface area contributed by atoms with E-state index >= 15 is 0 Å². The summed E-state index contributed by atoms with van der Waals surface area (Å²) < 4.78 is 0. The van der Waals surface area contributed by atoms with Gasteiger partial charge in [-0.25, -0.2) is 4.79 Å². The molecule has 2 aromatic heterocycles. The Hall–Kier alpha value is -2.02. The lowest BCUT2D eigenvalue weighted by molar-refractivity contribution is 0.215. The van der Waals surface area contributed by atoms with Crippen molar-refractivity contribution in [1.29, 1.82) is 0 Å². The fourth-order valence-corrected chi connectivity index (χ4v) is 4.07. The van der Waals surface area contributed by atoms with Gasteiger partial charge in [0.2, 0.25) is 5.13 Å². The minimum atomic E-state index is -0.121. The second-order valence-corrected chi connectivity index (χ2v) is 7.37. The fraction of sp³-hybridized carbons (Fsp3) is 0.556. The number of likely N-dealkylation sites (N-methyl/N-ethyl adjacent to an activating group) is 1. The Morgan fingerprint density at radius 2 is 2.12 bits per heavy atom. The van der Waals surface area contributed by atoms with E-state index in [1.54, 1.807) is 11.1 Å². The summed E-state index contributed by atoms with van der Waals surface area (Å²) >= 11 is 1.52. The molecule has 7 heteroatoms. The van der Waals surface area contributed by atoms with Crippen LogP contribution >= 0.6 is 11.3 Å². The standard InChI is InChI=1S/C18H25N5OS/c1-2-23(13-11-15-10-6-7-12-19-15)18(24)20-17-22-21-16(25-17)14-8-4-3-5-9-14/h6-7,10,12,14H,2-5,8-9,11,13H2,1H3,(H,20,22,24). The summed E-state index contributed by atoms with van der Waals surface area (Å²) in [4.78, 5) is 18.6. The van der Waals surface area contributed by atoms with E-state index in [0.29, 0.717) is 24.1 Å². The number of nitrogens with one attached hydrogen (secondary N) is 1. The molecule has 134 valence electrons. The molecule has 2 heterocycles. The highest BCUT2D eigenvalue weighted by Gasteiger charge is 2.21. The molecule has 0 aliphatic heterocycles. The predicted octanol–water partition coefficient (Wildman–Crippen LogP) is 4.08. The van der Waals surface area contributed by atoms with Crippen molar-refractivity contribution in [3.8, 4) is 0 Å². The number of anilines is 1. The number of hydrogen-bond donors (Lipinski definition) is 1. The molecule has 0 unspecified atom stereocenters. The third-order valence-corrected chi connectivity index (χ3v) is 5.64. The molecule has 25 heavy (non-hydrogen) atoms. The molecule has 2 amide bonds. The zero-order valence-electron chi connectivity index (χ0n) is 14.6. The van der Waals surface area contributed by atoms with Crippen LogP contribution in [0, 0.1) is 0 Å². The van der Waals surface area contributed by atoms with Crippen LogP contribution in [-0.4, -0.2) is 39.2 Å². The molecule has 1 saturated carbocycles. The maximum Gasteiger partial charge on any atom is 0.323 e. The summed E-state index contributed by atoms with van der Waals surface area (Å²) in [5, 5.41) is 13.0. The Labute approximate surface area is 152 Å². The van der Waals surface area contributed by atoms with Crippen LogP contribution in [0.15, 0.2) is 24.4 Å². The molecule has 2 aromatic rings. The van der Waals surface area contributed by atoms with Crippen LogP contribution in [-0.2, 0) is 6.42 Å². The van der Waals surface area contributed by atoms with Crippen molar-refractivity contribution in [2.75, 3.05) is 18.4 Å². The van der Waals surface area contributed by atoms with Crippen molar-refractivity contribution < 1.29 is 4.79 Å². The Balaban J connectivity index is 1.53. The van der Waals surface area contributed by atoms with Crippen molar-refractivity contribution in [2.24, 2.45) is 0 Å². The Morgan fingerprint density at radius 1 is 1.28 bits per heavy atom. The Bertz CT molecular complexity index is 669. The lowest BCUT2D eigenvalue weighted by Crippen LogP contribution is -2.36. The third-order valence-electron chi connectivity index (χ3n) is 4.64. The Kier molecular flexibility index (Phi) is 6.33. The van der Waals surface area contributed by atoms with Crippen LogP contribution in [0.4, 0.5) is 9.93 Å². The first-order valence-electron chi connectivity index (χ1n) is 9.05. The average molecular weight is 359 g/mol. The molecule has 1 aliphatic rings. The number of urea groups is 1. The molecule has 0 aromatic carbocycles. The molecule has 6 nitrogen and oxygen atoms in total. The molecule has 0 bridgehead atoms. The number of aromatic nitrogens is 3. The number of carbonyl (C=O) groups is 1. The number of rotatable bonds is 6. The zero-order chi connectivity index (χ0) is 17.5. The molecule has 1 fully saturated rings. The first-order chi connectivity index (χ1) is 12.3. The second kappa shape index (κ2) is 8.89. The van der Waals surface area contributed by atoms with Gasteiger partial charge in [0.05, 0.1) is 0 Å². The highest BCUT2D eigenvalue weighted by Crippen LogP contribution is 2.35. The van der Waals surface area contributed by atoms with Crippen LogP contribution in [0.2, 0.25) is 0 Å². The van der Waals surface area contributed by atoms with Gasteiger partial charge in [-0.2, -0.15) is 0 Å². The third kappa shape index (κ3) is 4.98. The SMILES string of the molecule is CCN(CCc1ccccn1)C(=O)Nc1nnc(C2CCCCC2)s1. The molecule has 3 rings (SSSR count). The zero-order valence-corrected chi connectivity index (χ0v) is 15.5. The summed E-state index contributed by atoms with van der Waals surface area (Å²) in [7, 11) is 0. The first kappa shape index (κ1) is 17.8. The van der Waals surface area contributed by atoms with Crippen LogP contribution in [0.5, 0.6) is 0 Å². The van der Waals surface area contributed by atoms with E-state index in [1.165, 1.54) is 43.4 Å². The van der Waals surface area contributed by atoms with Gasteiger partial charge in [0.25, 0.3) is 0 Å². The topological polar surface area (TPSA) is 71.0 Å². The van der Waals surface area contributed by atoms with E-state index in [-0.39, 0.29) is 6.03 Å². The molecule has 0 spiro atoms. The summed E-state index contributed by atoms with van der Waals surface area (Å²) in [6.07, 6.45) is 8.75. The lowest BCUT2D eigenvalue weighted by atomic mass is 9.90. The van der Waals surface area contributed by atoms with Gasteiger partial charge in [-0.3, -0.25) is 10.3 Å². The van der Waals surface area contributed by atoms with E-state index in [2.05, 4.69) is 20.5 Å². The van der Waals surface area contributed by atoms with Crippen LogP contribution < -0.4 is 5.32 Å². The largest absolute Gasteiger partial charge is 0.324 e. The molecule has 1 N–H and O–H groups in total. The smallest absolute Gasteiger partial charge is 0.323 e. The molecule has 0 radical (unpaired) electrons. The number of hydrogen-bond acceptors (Lipinski definition) is 5. The normalized spacial score (nSPS) is 15.1. The van der Waals surface area contributed by atoms with E-state index in [1.807, 2.05) is 25.1 Å². The quantitative estimate of drug-likeness (QED) is 0.844. The number of carbonyl (C=O) groups excluding carboxylic acids is 1. The van der Waals surface area contributed by atoms with Gasteiger partial charge < -0.3 is 4.90 Å². The minimum Gasteiger partial charge on any atom is -0.324 e. The number of pyridine rings is 1. The van der Waals surface area contributed by atoms with Crippen molar-refractivity contribution in [2.45, 2.75) is 51.4 Å². The van der Waals surface area contributed by atoms with Gasteiger partial charge in [-0.1, -0.05) is 36.7 Å². The summed E-state index contributed by atoms with van der Waals surface area (Å²) in [6.45, 7) is 3.26. The van der Waals surface area contributed by atoms with E-state index in [0.717, 1.165) is 17.1 Å². The first-order valence-corrected chi connectivity index (χ1v) is 9.87. The highest BCUT2D eigenvalue weighted by molar-refractivity contribution is 7.15. The monoisotopic (exact) mass is 359 g/mol.